The van der Waals surface area contributed by atoms with E-state index in [-0.39, 0.29) is 23.4 Å². The van der Waals surface area contributed by atoms with Gasteiger partial charge in [0.1, 0.15) is 0 Å². The number of hydrogen-bond acceptors (Lipinski definition) is 3. The molecule has 0 saturated heterocycles. The highest BCUT2D eigenvalue weighted by Gasteiger charge is 2.38. The van der Waals surface area contributed by atoms with Gasteiger partial charge in [-0.15, -0.1) is 0 Å². The van der Waals surface area contributed by atoms with Gasteiger partial charge in [-0.25, -0.2) is 13.1 Å². The Hall–Kier alpha value is -2.18. The number of benzene rings is 2. The fourth-order valence-electron chi connectivity index (χ4n) is 4.31. The number of amides is 1. The van der Waals surface area contributed by atoms with Crippen molar-refractivity contribution in [3.63, 3.8) is 0 Å². The van der Waals surface area contributed by atoms with Crippen LogP contribution in [0, 0.1) is 5.92 Å². The summed E-state index contributed by atoms with van der Waals surface area (Å²) in [5, 5.41) is 0. The van der Waals surface area contributed by atoms with Gasteiger partial charge in [0.05, 0.1) is 4.90 Å². The van der Waals surface area contributed by atoms with Gasteiger partial charge >= 0.3 is 0 Å². The van der Waals surface area contributed by atoms with Crippen LogP contribution in [0.1, 0.15) is 61.4 Å². The molecule has 0 bridgehead atoms. The van der Waals surface area contributed by atoms with Crippen molar-refractivity contribution in [1.82, 2.24) is 9.62 Å². The van der Waals surface area contributed by atoms with Crippen LogP contribution in [0.5, 0.6) is 0 Å². The maximum Gasteiger partial charge on any atom is 0.254 e. The van der Waals surface area contributed by atoms with E-state index in [4.69, 9.17) is 0 Å². The van der Waals surface area contributed by atoms with E-state index >= 15 is 0 Å². The molecule has 0 aliphatic heterocycles. The molecule has 4 rings (SSSR count). The maximum absolute atomic E-state index is 13.4. The second kappa shape index (κ2) is 8.90. The molecule has 0 spiro atoms. The fourth-order valence-corrected chi connectivity index (χ4v) is 5.37. The summed E-state index contributed by atoms with van der Waals surface area (Å²) in [6.45, 7) is 2.49. The molecule has 0 heterocycles. The highest BCUT2D eigenvalue weighted by atomic mass is 32.2. The van der Waals surface area contributed by atoms with E-state index in [2.05, 4.69) is 16.5 Å². The first-order chi connectivity index (χ1) is 14.4. The molecule has 1 amide bonds. The molecule has 2 aliphatic carbocycles. The SMILES string of the molecule is CC1CCC(N(C(=O)c2cccc(S(=O)(=O)NCc3ccccc3)c2)C2CC2)CC1. The van der Waals surface area contributed by atoms with Crippen molar-refractivity contribution < 1.29 is 13.2 Å². The topological polar surface area (TPSA) is 66.5 Å². The predicted molar refractivity (Wildman–Crippen MR) is 118 cm³/mol. The molecule has 2 aromatic carbocycles. The quantitative estimate of drug-likeness (QED) is 0.716. The van der Waals surface area contributed by atoms with Crippen LogP contribution in [0.2, 0.25) is 0 Å². The van der Waals surface area contributed by atoms with Crippen molar-refractivity contribution in [2.75, 3.05) is 0 Å². The minimum atomic E-state index is -3.70. The Kier molecular flexibility index (Phi) is 6.25. The predicted octanol–water partition coefficient (Wildman–Crippen LogP) is 4.35. The van der Waals surface area contributed by atoms with Crippen LogP contribution in [0.4, 0.5) is 0 Å². The van der Waals surface area contributed by atoms with Crippen LogP contribution in [-0.2, 0) is 16.6 Å². The number of rotatable bonds is 7. The first kappa shape index (κ1) is 21.1. The first-order valence-electron chi connectivity index (χ1n) is 10.9. The van der Waals surface area contributed by atoms with Crippen molar-refractivity contribution >= 4 is 15.9 Å². The Balaban J connectivity index is 1.50. The summed E-state index contributed by atoms with van der Waals surface area (Å²) in [5.74, 6) is 0.693. The molecule has 2 saturated carbocycles. The van der Waals surface area contributed by atoms with Crippen molar-refractivity contribution in [2.45, 2.75) is 69.0 Å². The van der Waals surface area contributed by atoms with Crippen LogP contribution in [-0.4, -0.2) is 31.3 Å². The second-order valence-corrected chi connectivity index (χ2v) is 10.5. The van der Waals surface area contributed by atoms with Gasteiger partial charge in [-0.1, -0.05) is 43.3 Å². The molecule has 1 N–H and O–H groups in total. The van der Waals surface area contributed by atoms with Gasteiger partial charge in [0.2, 0.25) is 10.0 Å². The Morgan fingerprint density at radius 2 is 1.57 bits per heavy atom. The standard InChI is InChI=1S/C24H30N2O3S/c1-18-10-12-21(13-11-18)26(22-14-15-22)24(27)20-8-5-9-23(16-20)30(28,29)25-17-19-6-3-2-4-7-19/h2-9,16,18,21-22,25H,10-15,17H2,1H3. The zero-order valence-corrected chi connectivity index (χ0v) is 18.3. The molecule has 2 aromatic rings. The van der Waals surface area contributed by atoms with E-state index in [1.165, 1.54) is 6.07 Å². The Morgan fingerprint density at radius 1 is 0.933 bits per heavy atom. The van der Waals surface area contributed by atoms with Gasteiger partial charge in [0.25, 0.3) is 5.91 Å². The van der Waals surface area contributed by atoms with Crippen LogP contribution in [0.25, 0.3) is 0 Å². The van der Waals surface area contributed by atoms with Crippen LogP contribution in [0.15, 0.2) is 59.5 Å². The zero-order chi connectivity index (χ0) is 21.1. The lowest BCUT2D eigenvalue weighted by Crippen LogP contribution is -2.43. The Labute approximate surface area is 179 Å². The molecule has 0 aromatic heterocycles. The zero-order valence-electron chi connectivity index (χ0n) is 17.5. The number of carbonyl (C=O) groups excluding carboxylic acids is 1. The van der Waals surface area contributed by atoms with E-state index in [0.29, 0.717) is 11.6 Å². The summed E-state index contributed by atoms with van der Waals surface area (Å²) in [5.41, 5.74) is 1.35. The number of nitrogens with zero attached hydrogens (tertiary/aromatic N) is 1. The lowest BCUT2D eigenvalue weighted by atomic mass is 9.86. The van der Waals surface area contributed by atoms with E-state index in [0.717, 1.165) is 50.0 Å². The van der Waals surface area contributed by atoms with Crippen molar-refractivity contribution in [2.24, 2.45) is 5.92 Å². The summed E-state index contributed by atoms with van der Waals surface area (Å²) in [7, 11) is -3.70. The molecule has 0 radical (unpaired) electrons. The number of carbonyl (C=O) groups is 1. The summed E-state index contributed by atoms with van der Waals surface area (Å²) >= 11 is 0. The maximum atomic E-state index is 13.4. The minimum Gasteiger partial charge on any atom is -0.333 e. The minimum absolute atomic E-state index is 0.0304. The van der Waals surface area contributed by atoms with Gasteiger partial charge in [0, 0.05) is 24.2 Å². The molecule has 6 heteroatoms. The lowest BCUT2D eigenvalue weighted by Gasteiger charge is -2.36. The molecule has 0 atom stereocenters. The van der Waals surface area contributed by atoms with Gasteiger partial charge in [-0.3, -0.25) is 4.79 Å². The third-order valence-corrected chi connectivity index (χ3v) is 7.65. The van der Waals surface area contributed by atoms with Crippen molar-refractivity contribution in [3.8, 4) is 0 Å². The molecule has 2 fully saturated rings. The molecule has 30 heavy (non-hydrogen) atoms. The molecule has 160 valence electrons. The summed E-state index contributed by atoms with van der Waals surface area (Å²) in [4.78, 5) is 15.6. The molecular weight excluding hydrogens is 396 g/mol. The molecule has 5 nitrogen and oxygen atoms in total. The Morgan fingerprint density at radius 3 is 2.20 bits per heavy atom. The smallest absolute Gasteiger partial charge is 0.254 e. The highest BCUT2D eigenvalue weighted by molar-refractivity contribution is 7.89. The Bertz CT molecular complexity index is 979. The summed E-state index contributed by atoms with van der Waals surface area (Å²) in [6.07, 6.45) is 6.49. The number of nitrogens with one attached hydrogen (secondary N) is 1. The van der Waals surface area contributed by atoms with Crippen LogP contribution in [0.3, 0.4) is 0 Å². The third-order valence-electron chi connectivity index (χ3n) is 6.25. The summed E-state index contributed by atoms with van der Waals surface area (Å²) < 4.78 is 28.2. The average Bonchev–Trinajstić information content (AvgIpc) is 3.60. The second-order valence-electron chi connectivity index (χ2n) is 8.70. The van der Waals surface area contributed by atoms with Gasteiger partial charge < -0.3 is 4.90 Å². The normalized spacial score (nSPS) is 21.9. The largest absolute Gasteiger partial charge is 0.333 e. The van der Waals surface area contributed by atoms with E-state index in [1.54, 1.807) is 18.2 Å². The van der Waals surface area contributed by atoms with Crippen molar-refractivity contribution in [3.05, 3.63) is 65.7 Å². The van der Waals surface area contributed by atoms with E-state index < -0.39 is 10.0 Å². The molecule has 0 unspecified atom stereocenters. The van der Waals surface area contributed by atoms with Gasteiger partial charge in [-0.2, -0.15) is 0 Å². The fraction of sp³-hybridized carbons (Fsp3) is 0.458. The molecule has 2 aliphatic rings. The molecular formula is C24H30N2O3S. The van der Waals surface area contributed by atoms with Gasteiger partial charge in [-0.05, 0) is 68.2 Å². The average molecular weight is 427 g/mol. The first-order valence-corrected chi connectivity index (χ1v) is 12.4. The van der Waals surface area contributed by atoms with E-state index in [1.807, 2.05) is 30.3 Å². The highest BCUT2D eigenvalue weighted by Crippen LogP contribution is 2.36. The number of hydrogen-bond donors (Lipinski definition) is 1. The van der Waals surface area contributed by atoms with Crippen molar-refractivity contribution in [1.29, 1.82) is 0 Å². The number of sulfonamides is 1. The van der Waals surface area contributed by atoms with Crippen LogP contribution < -0.4 is 4.72 Å². The summed E-state index contributed by atoms with van der Waals surface area (Å²) in [6, 6.07) is 16.5. The van der Waals surface area contributed by atoms with Gasteiger partial charge in [0.15, 0.2) is 0 Å². The van der Waals surface area contributed by atoms with E-state index in [9.17, 15) is 13.2 Å². The van der Waals surface area contributed by atoms with Crippen LogP contribution >= 0.6 is 0 Å². The monoisotopic (exact) mass is 426 g/mol. The lowest BCUT2D eigenvalue weighted by molar-refractivity contribution is 0.0593. The third kappa shape index (κ3) is 4.93.